The Morgan fingerprint density at radius 1 is 0.929 bits per heavy atom. The quantitative estimate of drug-likeness (QED) is 0.629. The van der Waals surface area contributed by atoms with E-state index in [1.165, 1.54) is 18.4 Å². The smallest absolute Gasteiger partial charge is 0.0359 e. The third-order valence-electron chi connectivity index (χ3n) is 2.85. The highest BCUT2D eigenvalue weighted by Crippen LogP contribution is 2.22. The Hall–Kier alpha value is -0.780. The van der Waals surface area contributed by atoms with E-state index in [-0.39, 0.29) is 0 Å². The molecule has 1 aromatic rings. The second kappa shape index (κ2) is 6.64. The molecule has 0 aliphatic heterocycles. The Morgan fingerprint density at radius 3 is 1.50 bits per heavy atom. The molecule has 0 bridgehead atoms. The van der Waals surface area contributed by atoms with E-state index in [1.54, 1.807) is 0 Å². The lowest BCUT2D eigenvalue weighted by molar-refractivity contribution is 0.338. The SMILES string of the molecule is CCC(C)(C)CC.Cc1ccccc1. The molecular formula is C14H24. The second-order valence-corrected chi connectivity index (χ2v) is 4.53. The molecule has 0 unspecified atom stereocenters. The van der Waals surface area contributed by atoms with Gasteiger partial charge in [0.1, 0.15) is 0 Å². The van der Waals surface area contributed by atoms with Crippen LogP contribution in [0, 0.1) is 12.3 Å². The lowest BCUT2D eigenvalue weighted by Crippen LogP contribution is -2.05. The lowest BCUT2D eigenvalue weighted by Gasteiger charge is -2.18. The van der Waals surface area contributed by atoms with Gasteiger partial charge in [-0.25, -0.2) is 0 Å². The van der Waals surface area contributed by atoms with Crippen molar-refractivity contribution in [3.8, 4) is 0 Å². The number of benzene rings is 1. The molecular weight excluding hydrogens is 168 g/mol. The Balaban J connectivity index is 0.000000241. The van der Waals surface area contributed by atoms with Crippen molar-refractivity contribution >= 4 is 0 Å². The van der Waals surface area contributed by atoms with Crippen molar-refractivity contribution in [1.82, 2.24) is 0 Å². The van der Waals surface area contributed by atoms with E-state index in [4.69, 9.17) is 0 Å². The van der Waals surface area contributed by atoms with Crippen molar-refractivity contribution in [2.75, 3.05) is 0 Å². The lowest BCUT2D eigenvalue weighted by atomic mass is 9.88. The van der Waals surface area contributed by atoms with Crippen molar-refractivity contribution in [2.45, 2.75) is 47.5 Å². The average molecular weight is 192 g/mol. The van der Waals surface area contributed by atoms with Crippen LogP contribution in [0.25, 0.3) is 0 Å². The van der Waals surface area contributed by atoms with Gasteiger partial charge in [0.2, 0.25) is 0 Å². The molecule has 0 saturated heterocycles. The normalized spacial score (nSPS) is 10.4. The van der Waals surface area contributed by atoms with Crippen LogP contribution in [0.2, 0.25) is 0 Å². The molecule has 0 aromatic heterocycles. The van der Waals surface area contributed by atoms with Gasteiger partial charge in [0, 0.05) is 0 Å². The second-order valence-electron chi connectivity index (χ2n) is 4.53. The molecule has 0 fully saturated rings. The third kappa shape index (κ3) is 6.71. The van der Waals surface area contributed by atoms with E-state index in [0.29, 0.717) is 5.41 Å². The van der Waals surface area contributed by atoms with E-state index in [1.807, 2.05) is 18.2 Å². The van der Waals surface area contributed by atoms with Gasteiger partial charge < -0.3 is 0 Å². The fraction of sp³-hybridized carbons (Fsp3) is 0.571. The van der Waals surface area contributed by atoms with Crippen LogP contribution in [0.5, 0.6) is 0 Å². The maximum Gasteiger partial charge on any atom is -0.0359 e. The van der Waals surface area contributed by atoms with Gasteiger partial charge in [0.05, 0.1) is 0 Å². The molecule has 0 N–H and O–H groups in total. The minimum Gasteiger partial charge on any atom is -0.0649 e. The first kappa shape index (κ1) is 13.2. The van der Waals surface area contributed by atoms with E-state index >= 15 is 0 Å². The Kier molecular flexibility index (Phi) is 6.27. The molecule has 0 saturated carbocycles. The van der Waals surface area contributed by atoms with Crippen LogP contribution in [0.4, 0.5) is 0 Å². The van der Waals surface area contributed by atoms with Gasteiger partial charge in [-0.15, -0.1) is 0 Å². The summed E-state index contributed by atoms with van der Waals surface area (Å²) < 4.78 is 0. The van der Waals surface area contributed by atoms with Crippen LogP contribution in [-0.2, 0) is 0 Å². The largest absolute Gasteiger partial charge is 0.0649 e. The third-order valence-corrected chi connectivity index (χ3v) is 2.85. The first-order valence-corrected chi connectivity index (χ1v) is 5.53. The van der Waals surface area contributed by atoms with Crippen LogP contribution in [0.3, 0.4) is 0 Å². The van der Waals surface area contributed by atoms with Gasteiger partial charge in [0.25, 0.3) is 0 Å². The molecule has 0 heterocycles. The van der Waals surface area contributed by atoms with Crippen LogP contribution < -0.4 is 0 Å². The van der Waals surface area contributed by atoms with Crippen molar-refractivity contribution in [1.29, 1.82) is 0 Å². The van der Waals surface area contributed by atoms with Gasteiger partial charge in [-0.05, 0) is 12.3 Å². The summed E-state index contributed by atoms with van der Waals surface area (Å²) in [5, 5.41) is 0. The van der Waals surface area contributed by atoms with Gasteiger partial charge >= 0.3 is 0 Å². The van der Waals surface area contributed by atoms with Gasteiger partial charge in [0.15, 0.2) is 0 Å². The molecule has 0 amide bonds. The van der Waals surface area contributed by atoms with Gasteiger partial charge in [-0.3, -0.25) is 0 Å². The Morgan fingerprint density at radius 2 is 1.36 bits per heavy atom. The summed E-state index contributed by atoms with van der Waals surface area (Å²) in [6.45, 7) is 11.2. The predicted octanol–water partition coefficient (Wildman–Crippen LogP) is 4.83. The maximum atomic E-state index is 2.30. The molecule has 0 atom stereocenters. The number of hydrogen-bond acceptors (Lipinski definition) is 0. The predicted molar refractivity (Wildman–Crippen MR) is 65.5 cm³/mol. The highest BCUT2D eigenvalue weighted by Gasteiger charge is 2.09. The zero-order chi connectivity index (χ0) is 11.0. The summed E-state index contributed by atoms with van der Waals surface area (Å²) >= 11 is 0. The van der Waals surface area contributed by atoms with Crippen molar-refractivity contribution in [2.24, 2.45) is 5.41 Å². The van der Waals surface area contributed by atoms with Crippen molar-refractivity contribution in [3.05, 3.63) is 35.9 Å². The minimum atomic E-state index is 0.583. The number of rotatable bonds is 2. The summed E-state index contributed by atoms with van der Waals surface area (Å²) in [5.74, 6) is 0. The number of hydrogen-bond donors (Lipinski definition) is 0. The summed E-state index contributed by atoms with van der Waals surface area (Å²) in [7, 11) is 0. The molecule has 0 radical (unpaired) electrons. The fourth-order valence-electron chi connectivity index (χ4n) is 0.784. The van der Waals surface area contributed by atoms with Gasteiger partial charge in [-0.1, -0.05) is 76.4 Å². The first-order valence-electron chi connectivity index (χ1n) is 5.53. The van der Waals surface area contributed by atoms with Gasteiger partial charge in [-0.2, -0.15) is 0 Å². The summed E-state index contributed by atoms with van der Waals surface area (Å²) in [6.07, 6.45) is 2.59. The monoisotopic (exact) mass is 192 g/mol. The zero-order valence-electron chi connectivity index (χ0n) is 10.3. The standard InChI is InChI=1S/C7H8.C7H16/c1-7-5-3-2-4-6-7;1-5-7(3,4)6-2/h2-6H,1H3;5-6H2,1-4H3. The minimum absolute atomic E-state index is 0.583. The highest BCUT2D eigenvalue weighted by atomic mass is 14.1. The zero-order valence-corrected chi connectivity index (χ0v) is 10.3. The molecule has 0 nitrogen and oxygen atoms in total. The van der Waals surface area contributed by atoms with E-state index < -0.39 is 0 Å². The van der Waals surface area contributed by atoms with Crippen LogP contribution in [-0.4, -0.2) is 0 Å². The molecule has 0 aliphatic carbocycles. The molecule has 0 heteroatoms. The van der Waals surface area contributed by atoms with Crippen LogP contribution in [0.1, 0.15) is 46.1 Å². The Bertz CT molecular complexity index is 215. The van der Waals surface area contributed by atoms with Crippen molar-refractivity contribution < 1.29 is 0 Å². The highest BCUT2D eigenvalue weighted by molar-refractivity contribution is 5.11. The molecule has 14 heavy (non-hydrogen) atoms. The van der Waals surface area contributed by atoms with Crippen molar-refractivity contribution in [3.63, 3.8) is 0 Å². The molecule has 1 rings (SSSR count). The number of aryl methyl sites for hydroxylation is 1. The van der Waals surface area contributed by atoms with E-state index in [0.717, 1.165) is 0 Å². The maximum absolute atomic E-state index is 2.30. The van der Waals surface area contributed by atoms with Crippen LogP contribution >= 0.6 is 0 Å². The summed E-state index contributed by atoms with van der Waals surface area (Å²) in [4.78, 5) is 0. The fourth-order valence-corrected chi connectivity index (χ4v) is 0.784. The topological polar surface area (TPSA) is 0 Å². The molecule has 1 aromatic carbocycles. The molecule has 80 valence electrons. The Labute approximate surface area is 89.4 Å². The average Bonchev–Trinajstić information content (AvgIpc) is 2.20. The summed E-state index contributed by atoms with van der Waals surface area (Å²) in [5.41, 5.74) is 1.91. The van der Waals surface area contributed by atoms with E-state index in [9.17, 15) is 0 Å². The molecule has 0 spiro atoms. The van der Waals surface area contributed by atoms with Crippen LogP contribution in [0.15, 0.2) is 30.3 Å². The molecule has 0 aliphatic rings. The van der Waals surface area contributed by atoms with E-state index in [2.05, 4.69) is 46.8 Å². The first-order chi connectivity index (χ1) is 6.52. The summed E-state index contributed by atoms with van der Waals surface area (Å²) in [6, 6.07) is 10.3.